The fourth-order valence-electron chi connectivity index (χ4n) is 1.95. The van der Waals surface area contributed by atoms with Crippen molar-refractivity contribution >= 4 is 11.6 Å². The second-order valence-corrected chi connectivity index (χ2v) is 4.36. The monoisotopic (exact) mass is 211 g/mol. The summed E-state index contributed by atoms with van der Waals surface area (Å²) in [6, 6.07) is 4.20. The first kappa shape index (κ1) is 11.5. The Morgan fingerprint density at radius 2 is 2.00 bits per heavy atom. The SMILES string of the molecule is Cc1cc(C)c(C(C)CCN)c(Cl)c1. The van der Waals surface area contributed by atoms with Gasteiger partial charge in [0, 0.05) is 5.02 Å². The van der Waals surface area contributed by atoms with Crippen LogP contribution >= 0.6 is 11.6 Å². The van der Waals surface area contributed by atoms with E-state index in [4.69, 9.17) is 17.3 Å². The van der Waals surface area contributed by atoms with Crippen molar-refractivity contribution in [3.8, 4) is 0 Å². The predicted molar refractivity (Wildman–Crippen MR) is 63.0 cm³/mol. The summed E-state index contributed by atoms with van der Waals surface area (Å²) in [5, 5.41) is 0.878. The van der Waals surface area contributed by atoms with E-state index in [9.17, 15) is 0 Å². The molecule has 0 amide bonds. The van der Waals surface area contributed by atoms with E-state index in [1.165, 1.54) is 16.7 Å². The summed E-state index contributed by atoms with van der Waals surface area (Å²) in [5.74, 6) is 0.452. The number of nitrogens with two attached hydrogens (primary N) is 1. The predicted octanol–water partition coefficient (Wildman–Crippen LogP) is 3.41. The van der Waals surface area contributed by atoms with Gasteiger partial charge in [-0.25, -0.2) is 0 Å². The normalized spacial score (nSPS) is 12.9. The third kappa shape index (κ3) is 2.49. The van der Waals surface area contributed by atoms with E-state index >= 15 is 0 Å². The Morgan fingerprint density at radius 1 is 1.36 bits per heavy atom. The fourth-order valence-corrected chi connectivity index (χ4v) is 2.45. The van der Waals surface area contributed by atoms with Crippen LogP contribution in [0.4, 0.5) is 0 Å². The van der Waals surface area contributed by atoms with Crippen molar-refractivity contribution in [1.29, 1.82) is 0 Å². The highest BCUT2D eigenvalue weighted by Gasteiger charge is 2.12. The largest absolute Gasteiger partial charge is 0.330 e. The molecule has 0 bridgehead atoms. The smallest absolute Gasteiger partial charge is 0.0445 e. The molecule has 0 saturated carbocycles. The summed E-state index contributed by atoms with van der Waals surface area (Å²) >= 11 is 6.22. The highest BCUT2D eigenvalue weighted by atomic mass is 35.5. The summed E-state index contributed by atoms with van der Waals surface area (Å²) in [4.78, 5) is 0. The minimum atomic E-state index is 0.452. The minimum Gasteiger partial charge on any atom is -0.330 e. The van der Waals surface area contributed by atoms with Crippen LogP contribution in [0.1, 0.15) is 36.0 Å². The van der Waals surface area contributed by atoms with Crippen molar-refractivity contribution in [2.75, 3.05) is 6.54 Å². The zero-order valence-corrected chi connectivity index (χ0v) is 9.86. The van der Waals surface area contributed by atoms with Crippen molar-refractivity contribution in [2.45, 2.75) is 33.1 Å². The molecule has 0 saturated heterocycles. The van der Waals surface area contributed by atoms with Crippen molar-refractivity contribution in [1.82, 2.24) is 0 Å². The molecule has 0 aliphatic rings. The van der Waals surface area contributed by atoms with E-state index < -0.39 is 0 Å². The molecule has 1 atom stereocenters. The third-order valence-corrected chi connectivity index (χ3v) is 2.89. The first-order valence-corrected chi connectivity index (χ1v) is 5.40. The van der Waals surface area contributed by atoms with Crippen molar-refractivity contribution in [2.24, 2.45) is 5.73 Å². The lowest BCUT2D eigenvalue weighted by molar-refractivity contribution is 0.686. The Morgan fingerprint density at radius 3 is 2.50 bits per heavy atom. The molecule has 78 valence electrons. The Balaban J connectivity index is 3.07. The number of rotatable bonds is 3. The molecule has 0 aromatic heterocycles. The van der Waals surface area contributed by atoms with Gasteiger partial charge in [0.05, 0.1) is 0 Å². The summed E-state index contributed by atoms with van der Waals surface area (Å²) < 4.78 is 0. The molecule has 1 unspecified atom stereocenters. The number of hydrogen-bond donors (Lipinski definition) is 1. The minimum absolute atomic E-state index is 0.452. The second-order valence-electron chi connectivity index (χ2n) is 3.96. The van der Waals surface area contributed by atoms with Gasteiger partial charge >= 0.3 is 0 Å². The van der Waals surface area contributed by atoms with E-state index in [1.54, 1.807) is 0 Å². The average molecular weight is 212 g/mol. The summed E-state index contributed by atoms with van der Waals surface area (Å²) in [7, 11) is 0. The van der Waals surface area contributed by atoms with Gasteiger partial charge < -0.3 is 5.73 Å². The van der Waals surface area contributed by atoms with Crippen molar-refractivity contribution < 1.29 is 0 Å². The standard InChI is InChI=1S/C12H18ClN/c1-8-6-10(3)12(11(13)7-8)9(2)4-5-14/h6-7,9H,4-5,14H2,1-3H3. The lowest BCUT2D eigenvalue weighted by atomic mass is 9.92. The molecule has 0 heterocycles. The average Bonchev–Trinajstić information content (AvgIpc) is 2.01. The molecule has 0 aliphatic heterocycles. The van der Waals surface area contributed by atoms with E-state index in [1.807, 2.05) is 6.07 Å². The van der Waals surface area contributed by atoms with Crippen LogP contribution in [0.5, 0.6) is 0 Å². The summed E-state index contributed by atoms with van der Waals surface area (Å²) in [5.41, 5.74) is 9.30. The molecule has 0 fully saturated rings. The molecule has 1 rings (SSSR count). The second kappa shape index (κ2) is 4.81. The molecular formula is C12H18ClN. The van der Waals surface area contributed by atoms with Gasteiger partial charge in [-0.15, -0.1) is 0 Å². The van der Waals surface area contributed by atoms with Gasteiger partial charge in [0.1, 0.15) is 0 Å². The van der Waals surface area contributed by atoms with Gasteiger partial charge in [-0.2, -0.15) is 0 Å². The number of halogens is 1. The highest BCUT2D eigenvalue weighted by Crippen LogP contribution is 2.30. The molecule has 1 aromatic carbocycles. The topological polar surface area (TPSA) is 26.0 Å². The summed E-state index contributed by atoms with van der Waals surface area (Å²) in [6.07, 6.45) is 0.990. The van der Waals surface area contributed by atoms with E-state index in [0.29, 0.717) is 12.5 Å². The van der Waals surface area contributed by atoms with Gasteiger partial charge in [-0.05, 0) is 55.5 Å². The molecule has 14 heavy (non-hydrogen) atoms. The lowest BCUT2D eigenvalue weighted by Crippen LogP contribution is -2.06. The van der Waals surface area contributed by atoms with Crippen molar-refractivity contribution in [3.05, 3.63) is 33.8 Å². The molecular weight excluding hydrogens is 194 g/mol. The number of aryl methyl sites for hydroxylation is 2. The quantitative estimate of drug-likeness (QED) is 0.815. The molecule has 1 aromatic rings. The Kier molecular flexibility index (Phi) is 3.97. The molecule has 0 radical (unpaired) electrons. The third-order valence-electron chi connectivity index (χ3n) is 2.57. The van der Waals surface area contributed by atoms with Crippen LogP contribution < -0.4 is 5.73 Å². The van der Waals surface area contributed by atoms with Gasteiger partial charge in [0.25, 0.3) is 0 Å². The fraction of sp³-hybridized carbons (Fsp3) is 0.500. The first-order valence-electron chi connectivity index (χ1n) is 5.03. The van der Waals surface area contributed by atoms with Gasteiger partial charge in [0.2, 0.25) is 0 Å². The van der Waals surface area contributed by atoms with Gasteiger partial charge in [-0.1, -0.05) is 24.6 Å². The maximum absolute atomic E-state index is 6.22. The van der Waals surface area contributed by atoms with E-state index in [0.717, 1.165) is 11.4 Å². The highest BCUT2D eigenvalue weighted by molar-refractivity contribution is 6.31. The zero-order chi connectivity index (χ0) is 10.7. The van der Waals surface area contributed by atoms with Crippen LogP contribution in [-0.2, 0) is 0 Å². The van der Waals surface area contributed by atoms with Crippen LogP contribution in [0.25, 0.3) is 0 Å². The molecule has 1 nitrogen and oxygen atoms in total. The first-order chi connectivity index (χ1) is 6.56. The van der Waals surface area contributed by atoms with Crippen LogP contribution in [0.3, 0.4) is 0 Å². The zero-order valence-electron chi connectivity index (χ0n) is 9.10. The molecule has 0 spiro atoms. The molecule has 2 N–H and O–H groups in total. The van der Waals surface area contributed by atoms with E-state index in [2.05, 4.69) is 26.8 Å². The Hall–Kier alpha value is -0.530. The Labute approximate surface area is 91.3 Å². The number of hydrogen-bond acceptors (Lipinski definition) is 1. The van der Waals surface area contributed by atoms with Crippen LogP contribution in [-0.4, -0.2) is 6.54 Å². The van der Waals surface area contributed by atoms with Crippen LogP contribution in [0.15, 0.2) is 12.1 Å². The summed E-state index contributed by atoms with van der Waals surface area (Å²) in [6.45, 7) is 7.07. The molecule has 0 aliphatic carbocycles. The Bertz CT molecular complexity index is 297. The molecule has 2 heteroatoms. The van der Waals surface area contributed by atoms with E-state index in [-0.39, 0.29) is 0 Å². The van der Waals surface area contributed by atoms with Gasteiger partial charge in [-0.3, -0.25) is 0 Å². The lowest BCUT2D eigenvalue weighted by Gasteiger charge is -2.16. The van der Waals surface area contributed by atoms with Crippen LogP contribution in [0, 0.1) is 13.8 Å². The van der Waals surface area contributed by atoms with Crippen LogP contribution in [0.2, 0.25) is 5.02 Å². The number of benzene rings is 1. The maximum Gasteiger partial charge on any atom is 0.0445 e. The van der Waals surface area contributed by atoms with Gasteiger partial charge in [0.15, 0.2) is 0 Å². The van der Waals surface area contributed by atoms with Crippen molar-refractivity contribution in [3.63, 3.8) is 0 Å². The maximum atomic E-state index is 6.22.